The molecule has 1 aliphatic heterocycles. The van der Waals surface area contributed by atoms with Crippen LogP contribution in [0.15, 0.2) is 72.9 Å². The molecule has 0 radical (unpaired) electrons. The minimum absolute atomic E-state index is 0.0600. The first-order valence-corrected chi connectivity index (χ1v) is 9.51. The lowest BCUT2D eigenvalue weighted by Gasteiger charge is -2.38. The number of halogens is 3. The van der Waals surface area contributed by atoms with Gasteiger partial charge in [-0.2, -0.15) is 13.2 Å². The van der Waals surface area contributed by atoms with E-state index >= 15 is 0 Å². The van der Waals surface area contributed by atoms with E-state index in [1.54, 1.807) is 54.6 Å². The molecule has 31 heavy (non-hydrogen) atoms. The van der Waals surface area contributed by atoms with Crippen molar-refractivity contribution in [1.29, 1.82) is 0 Å². The molecule has 0 unspecified atom stereocenters. The van der Waals surface area contributed by atoms with Crippen LogP contribution in [-0.2, 0) is 6.18 Å². The lowest BCUT2D eigenvalue weighted by molar-refractivity contribution is -0.137. The molecule has 0 N–H and O–H groups in total. The second-order valence-corrected chi connectivity index (χ2v) is 7.07. The summed E-state index contributed by atoms with van der Waals surface area (Å²) in [6.07, 6.45) is -4.14. The Morgan fingerprint density at radius 2 is 1.55 bits per heavy atom. The van der Waals surface area contributed by atoms with E-state index in [4.69, 9.17) is 4.74 Å². The number of hydrogen-bond donors (Lipinski definition) is 0. The van der Waals surface area contributed by atoms with Crippen LogP contribution < -0.4 is 4.74 Å². The van der Waals surface area contributed by atoms with Gasteiger partial charge in [-0.15, -0.1) is 0 Å². The van der Waals surface area contributed by atoms with Crippen LogP contribution in [-0.4, -0.2) is 40.8 Å². The molecule has 1 fully saturated rings. The van der Waals surface area contributed by atoms with Crippen LogP contribution in [0.2, 0.25) is 0 Å². The molecule has 0 aliphatic carbocycles. The summed E-state index contributed by atoms with van der Waals surface area (Å²) >= 11 is 0. The van der Waals surface area contributed by atoms with Gasteiger partial charge in [-0.1, -0.05) is 48.5 Å². The van der Waals surface area contributed by atoms with Gasteiger partial charge in [-0.3, -0.25) is 9.59 Å². The molecule has 158 valence electrons. The zero-order valence-corrected chi connectivity index (χ0v) is 16.2. The Hall–Kier alpha value is -3.68. The van der Waals surface area contributed by atoms with Gasteiger partial charge in [0.25, 0.3) is 5.91 Å². The maximum absolute atomic E-state index is 12.9. The summed E-state index contributed by atoms with van der Waals surface area (Å²) in [5, 5.41) is 0. The van der Waals surface area contributed by atoms with Crippen LogP contribution in [0.5, 0.6) is 5.88 Å². The predicted octanol–water partition coefficient (Wildman–Crippen LogP) is 4.23. The maximum atomic E-state index is 12.9. The number of rotatable bonds is 5. The number of pyridine rings is 1. The Kier molecular flexibility index (Phi) is 5.46. The lowest BCUT2D eigenvalue weighted by Crippen LogP contribution is -2.56. The standard InChI is InChI=1S/C23H17F3N2O3/c24-23(25,26)16-10-11-20(27-12-16)31-17-13-28(14-17)22(30)19-9-5-4-8-18(19)21(29)15-6-2-1-3-7-15/h1-12,17H,13-14H2. The fourth-order valence-electron chi connectivity index (χ4n) is 3.25. The number of benzene rings is 2. The van der Waals surface area contributed by atoms with Crippen LogP contribution in [0.4, 0.5) is 13.2 Å². The fourth-order valence-corrected chi connectivity index (χ4v) is 3.25. The fraction of sp³-hybridized carbons (Fsp3) is 0.174. The van der Waals surface area contributed by atoms with E-state index in [9.17, 15) is 22.8 Å². The summed E-state index contributed by atoms with van der Waals surface area (Å²) in [6, 6.07) is 17.3. The van der Waals surface area contributed by atoms with Crippen molar-refractivity contribution in [3.8, 4) is 5.88 Å². The zero-order chi connectivity index (χ0) is 22.0. The molecule has 5 nitrogen and oxygen atoms in total. The van der Waals surface area contributed by atoms with Crippen molar-refractivity contribution in [2.75, 3.05) is 13.1 Å². The average molecular weight is 426 g/mol. The van der Waals surface area contributed by atoms with Gasteiger partial charge in [-0.05, 0) is 12.1 Å². The Morgan fingerprint density at radius 3 is 2.16 bits per heavy atom. The summed E-state index contributed by atoms with van der Waals surface area (Å²) in [5.74, 6) is -0.489. The maximum Gasteiger partial charge on any atom is 0.417 e. The molecule has 1 amide bonds. The number of ketones is 1. The van der Waals surface area contributed by atoms with Crippen molar-refractivity contribution in [1.82, 2.24) is 9.88 Å². The molecular formula is C23H17F3N2O3. The van der Waals surface area contributed by atoms with Crippen molar-refractivity contribution in [2.24, 2.45) is 0 Å². The van der Waals surface area contributed by atoms with Gasteiger partial charge in [0.05, 0.1) is 24.2 Å². The molecule has 1 saturated heterocycles. The quantitative estimate of drug-likeness (QED) is 0.573. The highest BCUT2D eigenvalue weighted by Gasteiger charge is 2.35. The zero-order valence-electron chi connectivity index (χ0n) is 16.2. The molecule has 0 atom stereocenters. The predicted molar refractivity (Wildman–Crippen MR) is 106 cm³/mol. The van der Waals surface area contributed by atoms with E-state index < -0.39 is 11.7 Å². The van der Waals surface area contributed by atoms with E-state index in [-0.39, 0.29) is 36.8 Å². The monoisotopic (exact) mass is 426 g/mol. The number of nitrogens with zero attached hydrogens (tertiary/aromatic N) is 2. The number of amides is 1. The van der Waals surface area contributed by atoms with E-state index in [1.165, 1.54) is 4.90 Å². The van der Waals surface area contributed by atoms with Gasteiger partial charge < -0.3 is 9.64 Å². The molecule has 0 saturated carbocycles. The largest absolute Gasteiger partial charge is 0.471 e. The molecule has 4 rings (SSSR count). The van der Waals surface area contributed by atoms with E-state index in [1.807, 2.05) is 0 Å². The SMILES string of the molecule is O=C(c1ccccc1)c1ccccc1C(=O)N1CC(Oc2ccc(C(F)(F)F)cn2)C1. The first-order chi connectivity index (χ1) is 14.8. The third-order valence-corrected chi connectivity index (χ3v) is 4.92. The molecule has 3 aromatic rings. The smallest absolute Gasteiger partial charge is 0.417 e. The molecule has 0 spiro atoms. The molecule has 2 heterocycles. The van der Waals surface area contributed by atoms with Gasteiger partial charge in [0, 0.05) is 23.4 Å². The molecular weight excluding hydrogens is 409 g/mol. The van der Waals surface area contributed by atoms with Gasteiger partial charge in [0.15, 0.2) is 5.78 Å². The summed E-state index contributed by atoms with van der Waals surface area (Å²) < 4.78 is 43.4. The Balaban J connectivity index is 1.41. The van der Waals surface area contributed by atoms with Crippen LogP contribution in [0.25, 0.3) is 0 Å². The van der Waals surface area contributed by atoms with Crippen LogP contribution >= 0.6 is 0 Å². The number of carbonyl (C=O) groups is 2. The summed E-state index contributed by atoms with van der Waals surface area (Å²) in [6.45, 7) is 0.491. The van der Waals surface area contributed by atoms with Crippen molar-refractivity contribution in [3.05, 3.63) is 95.2 Å². The number of alkyl halides is 3. The minimum Gasteiger partial charge on any atom is -0.471 e. The number of carbonyl (C=O) groups excluding carboxylic acids is 2. The molecule has 1 aromatic heterocycles. The van der Waals surface area contributed by atoms with Crippen molar-refractivity contribution >= 4 is 11.7 Å². The van der Waals surface area contributed by atoms with Crippen LogP contribution in [0.3, 0.4) is 0 Å². The van der Waals surface area contributed by atoms with Gasteiger partial charge in [-0.25, -0.2) is 4.98 Å². The Morgan fingerprint density at radius 1 is 0.903 bits per heavy atom. The number of likely N-dealkylation sites (tertiary alicyclic amines) is 1. The normalized spacial score (nSPS) is 14.1. The van der Waals surface area contributed by atoms with Crippen LogP contribution in [0.1, 0.15) is 31.8 Å². The van der Waals surface area contributed by atoms with Crippen molar-refractivity contribution in [2.45, 2.75) is 12.3 Å². The molecule has 0 bridgehead atoms. The van der Waals surface area contributed by atoms with Crippen LogP contribution in [0, 0.1) is 0 Å². The molecule has 8 heteroatoms. The third-order valence-electron chi connectivity index (χ3n) is 4.92. The summed E-state index contributed by atoms with van der Waals surface area (Å²) in [4.78, 5) is 30.9. The lowest BCUT2D eigenvalue weighted by atomic mass is 9.96. The van der Waals surface area contributed by atoms with Crippen molar-refractivity contribution in [3.63, 3.8) is 0 Å². The van der Waals surface area contributed by atoms with Gasteiger partial charge >= 0.3 is 6.18 Å². The second-order valence-electron chi connectivity index (χ2n) is 7.07. The molecule has 2 aromatic carbocycles. The van der Waals surface area contributed by atoms with Crippen molar-refractivity contribution < 1.29 is 27.5 Å². The topological polar surface area (TPSA) is 59.5 Å². The summed E-state index contributed by atoms with van der Waals surface area (Å²) in [5.41, 5.74) is 0.237. The van der Waals surface area contributed by atoms with Gasteiger partial charge in [0.1, 0.15) is 6.10 Å². The first-order valence-electron chi connectivity index (χ1n) is 9.51. The third kappa shape index (κ3) is 4.42. The Bertz CT molecular complexity index is 1090. The summed E-state index contributed by atoms with van der Waals surface area (Å²) in [7, 11) is 0. The van der Waals surface area contributed by atoms with E-state index in [0.29, 0.717) is 22.9 Å². The number of hydrogen-bond acceptors (Lipinski definition) is 4. The highest BCUT2D eigenvalue weighted by Crippen LogP contribution is 2.29. The van der Waals surface area contributed by atoms with E-state index in [0.717, 1.165) is 12.1 Å². The minimum atomic E-state index is -4.46. The van der Waals surface area contributed by atoms with Gasteiger partial charge in [0.2, 0.25) is 5.88 Å². The number of ether oxygens (including phenoxy) is 1. The molecule has 1 aliphatic rings. The highest BCUT2D eigenvalue weighted by atomic mass is 19.4. The first kappa shape index (κ1) is 20.6. The average Bonchev–Trinajstić information content (AvgIpc) is 2.75. The second kappa shape index (κ2) is 8.22. The number of aromatic nitrogens is 1. The highest BCUT2D eigenvalue weighted by molar-refractivity contribution is 6.15. The Labute approximate surface area is 176 Å². The van der Waals surface area contributed by atoms with E-state index in [2.05, 4.69) is 4.98 Å².